The third kappa shape index (κ3) is 2.89. The molecule has 108 valence electrons. The third-order valence-electron chi connectivity index (χ3n) is 2.93. The van der Waals surface area contributed by atoms with Crippen LogP contribution < -0.4 is 20.1 Å². The van der Waals surface area contributed by atoms with Gasteiger partial charge in [0, 0.05) is 29.2 Å². The number of nitrogens with zero attached hydrogens (tertiary/aromatic N) is 2. The van der Waals surface area contributed by atoms with Gasteiger partial charge in [0.15, 0.2) is 11.5 Å². The van der Waals surface area contributed by atoms with E-state index in [1.165, 1.54) is 0 Å². The van der Waals surface area contributed by atoms with Crippen molar-refractivity contribution in [2.75, 3.05) is 17.4 Å². The van der Waals surface area contributed by atoms with E-state index in [0.29, 0.717) is 5.95 Å². The molecule has 0 bridgehead atoms. The Morgan fingerprint density at radius 2 is 2.10 bits per heavy atom. The Balaban J connectivity index is 1.85. The maximum absolute atomic E-state index is 5.36. The zero-order valence-corrected chi connectivity index (χ0v) is 11.9. The summed E-state index contributed by atoms with van der Waals surface area (Å²) in [4.78, 5) is 8.65. The summed E-state index contributed by atoms with van der Waals surface area (Å²) in [5.41, 5.74) is 2.61. The molecule has 1 aliphatic heterocycles. The van der Waals surface area contributed by atoms with Crippen molar-refractivity contribution in [2.24, 2.45) is 0 Å². The molecule has 1 aliphatic rings. The summed E-state index contributed by atoms with van der Waals surface area (Å²) in [6.07, 6.45) is 1.76. The fourth-order valence-electron chi connectivity index (χ4n) is 1.93. The van der Waals surface area contributed by atoms with Gasteiger partial charge in [-0.3, -0.25) is 0 Å². The lowest BCUT2D eigenvalue weighted by atomic mass is 10.2. The van der Waals surface area contributed by atoms with Gasteiger partial charge in [0.25, 0.3) is 0 Å². The first kappa shape index (κ1) is 13.2. The molecule has 0 unspecified atom stereocenters. The molecule has 0 amide bonds. The summed E-state index contributed by atoms with van der Waals surface area (Å²) < 4.78 is 10.7. The molecule has 2 N–H and O–H groups in total. The molecule has 2 aromatic rings. The van der Waals surface area contributed by atoms with Crippen LogP contribution in [0.3, 0.4) is 0 Å². The first-order valence-electron chi connectivity index (χ1n) is 6.54. The summed E-state index contributed by atoms with van der Waals surface area (Å²) in [6, 6.07) is 5.67. The summed E-state index contributed by atoms with van der Waals surface area (Å²) in [7, 11) is 0. The topological polar surface area (TPSA) is 68.3 Å². The van der Waals surface area contributed by atoms with Gasteiger partial charge < -0.3 is 20.1 Å². The number of nitrogens with one attached hydrogen (secondary N) is 2. The predicted octanol–water partition coefficient (Wildman–Crippen LogP) is 3.20. The lowest BCUT2D eigenvalue weighted by Gasteiger charge is -2.11. The van der Waals surface area contributed by atoms with Crippen molar-refractivity contribution >= 4 is 17.5 Å². The van der Waals surface area contributed by atoms with Crippen molar-refractivity contribution in [3.8, 4) is 11.5 Å². The molecule has 0 saturated carbocycles. The SMILES string of the molecule is C=C(C)Nc1ncc(C)c(Nc2ccc3c(c2)OCO3)n1. The number of aromatic nitrogens is 2. The summed E-state index contributed by atoms with van der Waals surface area (Å²) in [6.45, 7) is 7.85. The normalized spacial score (nSPS) is 12.1. The van der Waals surface area contributed by atoms with E-state index in [1.807, 2.05) is 32.0 Å². The van der Waals surface area contributed by atoms with Crippen LogP contribution in [-0.2, 0) is 0 Å². The molecule has 0 fully saturated rings. The van der Waals surface area contributed by atoms with E-state index in [9.17, 15) is 0 Å². The van der Waals surface area contributed by atoms with Crippen molar-refractivity contribution in [3.05, 3.63) is 42.2 Å². The first-order valence-corrected chi connectivity index (χ1v) is 6.54. The molecule has 6 nitrogen and oxygen atoms in total. The highest BCUT2D eigenvalue weighted by Crippen LogP contribution is 2.35. The van der Waals surface area contributed by atoms with E-state index < -0.39 is 0 Å². The number of ether oxygens (including phenoxy) is 2. The lowest BCUT2D eigenvalue weighted by molar-refractivity contribution is 0.174. The number of benzene rings is 1. The van der Waals surface area contributed by atoms with E-state index in [0.717, 1.165) is 34.3 Å². The van der Waals surface area contributed by atoms with Crippen LogP contribution in [0.5, 0.6) is 11.5 Å². The molecule has 0 atom stereocenters. The minimum Gasteiger partial charge on any atom is -0.454 e. The van der Waals surface area contributed by atoms with Gasteiger partial charge >= 0.3 is 0 Å². The van der Waals surface area contributed by atoms with Gasteiger partial charge in [0.1, 0.15) is 5.82 Å². The van der Waals surface area contributed by atoms with Gasteiger partial charge in [0.05, 0.1) is 0 Å². The Kier molecular flexibility index (Phi) is 3.35. The monoisotopic (exact) mass is 284 g/mol. The van der Waals surface area contributed by atoms with Crippen LogP contribution in [0.25, 0.3) is 0 Å². The summed E-state index contributed by atoms with van der Waals surface area (Å²) in [5, 5.41) is 6.26. The number of aryl methyl sites for hydroxylation is 1. The second-order valence-corrected chi connectivity index (χ2v) is 4.82. The van der Waals surface area contributed by atoms with Crippen LogP contribution in [0.4, 0.5) is 17.5 Å². The third-order valence-corrected chi connectivity index (χ3v) is 2.93. The van der Waals surface area contributed by atoms with Crippen molar-refractivity contribution in [1.82, 2.24) is 9.97 Å². The van der Waals surface area contributed by atoms with Gasteiger partial charge in [-0.2, -0.15) is 4.98 Å². The molecule has 3 rings (SSSR count). The van der Waals surface area contributed by atoms with E-state index in [2.05, 4.69) is 27.2 Å². The van der Waals surface area contributed by atoms with Gasteiger partial charge in [-0.15, -0.1) is 0 Å². The number of hydrogen-bond acceptors (Lipinski definition) is 6. The molecule has 0 radical (unpaired) electrons. The predicted molar refractivity (Wildman–Crippen MR) is 81.1 cm³/mol. The Morgan fingerprint density at radius 3 is 2.90 bits per heavy atom. The van der Waals surface area contributed by atoms with Crippen LogP contribution in [0.15, 0.2) is 36.7 Å². The Hall–Kier alpha value is -2.76. The molecule has 1 aromatic heterocycles. The van der Waals surface area contributed by atoms with E-state index in [4.69, 9.17) is 9.47 Å². The zero-order valence-electron chi connectivity index (χ0n) is 11.9. The molecular weight excluding hydrogens is 268 g/mol. The van der Waals surface area contributed by atoms with Crippen LogP contribution in [0.1, 0.15) is 12.5 Å². The van der Waals surface area contributed by atoms with Crippen molar-refractivity contribution < 1.29 is 9.47 Å². The summed E-state index contributed by atoms with van der Waals surface area (Å²) in [5.74, 6) is 2.72. The van der Waals surface area contributed by atoms with Crippen molar-refractivity contribution in [2.45, 2.75) is 13.8 Å². The Bertz CT molecular complexity index is 700. The highest BCUT2D eigenvalue weighted by molar-refractivity contribution is 5.64. The standard InChI is InChI=1S/C15H16N4O2/c1-9(2)17-15-16-7-10(3)14(19-15)18-11-4-5-12-13(6-11)21-8-20-12/h4-7H,1,8H2,2-3H3,(H2,16,17,18,19). The van der Waals surface area contributed by atoms with Crippen LogP contribution in [-0.4, -0.2) is 16.8 Å². The van der Waals surface area contributed by atoms with Crippen LogP contribution in [0, 0.1) is 6.92 Å². The zero-order chi connectivity index (χ0) is 14.8. The molecule has 0 spiro atoms. The first-order chi connectivity index (χ1) is 10.1. The molecule has 2 heterocycles. The number of allylic oxidation sites excluding steroid dienone is 1. The van der Waals surface area contributed by atoms with Crippen LogP contribution >= 0.6 is 0 Å². The minimum atomic E-state index is 0.262. The molecule has 0 saturated heterocycles. The van der Waals surface area contributed by atoms with Crippen molar-refractivity contribution in [3.63, 3.8) is 0 Å². The molecule has 6 heteroatoms. The van der Waals surface area contributed by atoms with Gasteiger partial charge in [-0.1, -0.05) is 6.58 Å². The van der Waals surface area contributed by atoms with E-state index in [1.54, 1.807) is 6.20 Å². The average molecular weight is 284 g/mol. The molecule has 1 aromatic carbocycles. The number of anilines is 3. The largest absolute Gasteiger partial charge is 0.454 e. The highest BCUT2D eigenvalue weighted by atomic mass is 16.7. The fourth-order valence-corrected chi connectivity index (χ4v) is 1.93. The average Bonchev–Trinajstić information content (AvgIpc) is 2.89. The minimum absolute atomic E-state index is 0.262. The lowest BCUT2D eigenvalue weighted by Crippen LogP contribution is -2.04. The summed E-state index contributed by atoms with van der Waals surface area (Å²) >= 11 is 0. The number of rotatable bonds is 4. The van der Waals surface area contributed by atoms with Gasteiger partial charge in [-0.05, 0) is 26.0 Å². The second kappa shape index (κ2) is 5.32. The fraction of sp³-hybridized carbons (Fsp3) is 0.200. The van der Waals surface area contributed by atoms with Gasteiger partial charge in [-0.25, -0.2) is 4.98 Å². The molecular formula is C15H16N4O2. The van der Waals surface area contributed by atoms with E-state index in [-0.39, 0.29) is 6.79 Å². The smallest absolute Gasteiger partial charge is 0.231 e. The van der Waals surface area contributed by atoms with Crippen LogP contribution in [0.2, 0.25) is 0 Å². The van der Waals surface area contributed by atoms with Crippen molar-refractivity contribution in [1.29, 1.82) is 0 Å². The Labute approximate surface area is 122 Å². The van der Waals surface area contributed by atoms with E-state index >= 15 is 0 Å². The van der Waals surface area contributed by atoms with Gasteiger partial charge in [0.2, 0.25) is 12.7 Å². The maximum atomic E-state index is 5.36. The Morgan fingerprint density at radius 1 is 1.29 bits per heavy atom. The number of fused-ring (bicyclic) bond motifs is 1. The quantitative estimate of drug-likeness (QED) is 0.898. The highest BCUT2D eigenvalue weighted by Gasteiger charge is 2.14. The second-order valence-electron chi connectivity index (χ2n) is 4.82. The molecule has 0 aliphatic carbocycles. The number of hydrogen-bond donors (Lipinski definition) is 2. The molecule has 21 heavy (non-hydrogen) atoms. The maximum Gasteiger partial charge on any atom is 0.231 e.